The second-order valence-corrected chi connectivity index (χ2v) is 4.09. The summed E-state index contributed by atoms with van der Waals surface area (Å²) in [6.45, 7) is 3.31. The highest BCUT2D eigenvalue weighted by Crippen LogP contribution is 2.01. The number of nitrogens with zero attached hydrogens (tertiary/aromatic N) is 1. The van der Waals surface area contributed by atoms with Gasteiger partial charge in [-0.15, -0.1) is 0 Å². The summed E-state index contributed by atoms with van der Waals surface area (Å²) in [5, 5.41) is 10.5. The average molecular weight is 273 g/mol. The van der Waals surface area contributed by atoms with Gasteiger partial charge in [0, 0.05) is 5.56 Å². The zero-order valence-corrected chi connectivity index (χ0v) is 10.8. The number of quaternary nitrogens is 1. The summed E-state index contributed by atoms with van der Waals surface area (Å²) < 4.78 is 5.22. The third kappa shape index (κ3) is 3.96. The third-order valence-corrected chi connectivity index (χ3v) is 2.83. The molecule has 1 saturated heterocycles. The first-order valence-electron chi connectivity index (χ1n) is 5.74. The van der Waals surface area contributed by atoms with Gasteiger partial charge in [0.25, 0.3) is 5.91 Å². The molecule has 18 heavy (non-hydrogen) atoms. The minimum atomic E-state index is -0.357. The van der Waals surface area contributed by atoms with Gasteiger partial charge in [0.15, 0.2) is 6.67 Å². The first-order valence-corrected chi connectivity index (χ1v) is 5.74. The van der Waals surface area contributed by atoms with E-state index in [0.29, 0.717) is 25.4 Å². The number of ether oxygens (including phenoxy) is 1. The van der Waals surface area contributed by atoms with Gasteiger partial charge in [-0.3, -0.25) is 10.0 Å². The van der Waals surface area contributed by atoms with Crippen LogP contribution in [0.25, 0.3) is 0 Å². The zero-order valence-electron chi connectivity index (χ0n) is 10.0. The van der Waals surface area contributed by atoms with E-state index in [0.717, 1.165) is 23.1 Å². The molecular formula is C12H17ClN2O3. The lowest BCUT2D eigenvalue weighted by molar-refractivity contribution is -0.920. The number of carbonyl (C=O) groups excluding carboxylic acids is 1. The molecular weight excluding hydrogens is 256 g/mol. The van der Waals surface area contributed by atoms with Gasteiger partial charge >= 0.3 is 0 Å². The summed E-state index contributed by atoms with van der Waals surface area (Å²) >= 11 is 0. The molecule has 1 aliphatic rings. The number of nitrogens with one attached hydrogen (secondary N) is 1. The molecule has 1 heterocycles. The predicted octanol–water partition coefficient (Wildman–Crippen LogP) is -3.61. The number of morpholine rings is 1. The van der Waals surface area contributed by atoms with Crippen LogP contribution in [0.1, 0.15) is 10.4 Å². The lowest BCUT2D eigenvalue weighted by atomic mass is 10.2. The van der Waals surface area contributed by atoms with Crippen LogP contribution in [0.3, 0.4) is 0 Å². The van der Waals surface area contributed by atoms with E-state index in [1.54, 1.807) is 24.3 Å². The van der Waals surface area contributed by atoms with E-state index in [-0.39, 0.29) is 18.3 Å². The lowest BCUT2D eigenvalue weighted by Gasteiger charge is -2.26. The molecule has 100 valence electrons. The molecule has 0 spiro atoms. The van der Waals surface area contributed by atoms with Crippen molar-refractivity contribution < 1.29 is 32.0 Å². The van der Waals surface area contributed by atoms with E-state index in [1.165, 1.54) is 0 Å². The molecule has 0 saturated carbocycles. The maximum atomic E-state index is 11.8. The Labute approximate surface area is 112 Å². The molecule has 1 fully saturated rings. The van der Waals surface area contributed by atoms with E-state index in [1.807, 2.05) is 6.07 Å². The quantitative estimate of drug-likeness (QED) is 0.442. The van der Waals surface area contributed by atoms with Crippen LogP contribution < -0.4 is 17.3 Å². The zero-order chi connectivity index (χ0) is 12.1. The van der Waals surface area contributed by atoms with Crippen molar-refractivity contribution >= 4 is 5.91 Å². The topological polar surface area (TPSA) is 54.2 Å². The molecule has 6 heteroatoms. The molecule has 1 amide bonds. The maximum absolute atomic E-state index is 11.8. The highest BCUT2D eigenvalue weighted by molar-refractivity contribution is 5.93. The van der Waals surface area contributed by atoms with Crippen molar-refractivity contribution in [3.05, 3.63) is 35.9 Å². The maximum Gasteiger partial charge on any atom is 0.282 e. The number of rotatable bonds is 3. The van der Waals surface area contributed by atoms with Gasteiger partial charge in [-0.2, -0.15) is 5.06 Å². The lowest BCUT2D eigenvalue weighted by Crippen LogP contribution is -3.15. The Kier molecular flexibility index (Phi) is 6.07. The summed E-state index contributed by atoms with van der Waals surface area (Å²) in [6, 6.07) is 8.79. The second-order valence-electron chi connectivity index (χ2n) is 4.09. The number of hydrogen-bond acceptors (Lipinski definition) is 3. The molecule has 0 aliphatic carbocycles. The van der Waals surface area contributed by atoms with Crippen molar-refractivity contribution in [2.45, 2.75) is 0 Å². The fourth-order valence-corrected chi connectivity index (χ4v) is 1.83. The van der Waals surface area contributed by atoms with Crippen molar-refractivity contribution in [1.82, 2.24) is 5.06 Å². The van der Waals surface area contributed by atoms with Gasteiger partial charge in [0.05, 0.1) is 13.2 Å². The van der Waals surface area contributed by atoms with Crippen LogP contribution in [0.2, 0.25) is 0 Å². The molecule has 2 rings (SSSR count). The number of hydroxylamine groups is 2. The molecule has 5 nitrogen and oxygen atoms in total. The van der Waals surface area contributed by atoms with Crippen LogP contribution in [-0.4, -0.2) is 49.1 Å². The minimum absolute atomic E-state index is 0. The Hall–Kier alpha value is -1.14. The van der Waals surface area contributed by atoms with Crippen LogP contribution in [0.15, 0.2) is 30.3 Å². The first kappa shape index (κ1) is 14.9. The minimum Gasteiger partial charge on any atom is -1.00 e. The summed E-state index contributed by atoms with van der Waals surface area (Å²) in [5.74, 6) is -0.357. The van der Waals surface area contributed by atoms with Crippen LogP contribution in [0, 0.1) is 0 Å². The van der Waals surface area contributed by atoms with E-state index in [2.05, 4.69) is 0 Å². The van der Waals surface area contributed by atoms with Crippen molar-refractivity contribution in [1.29, 1.82) is 0 Å². The van der Waals surface area contributed by atoms with Crippen molar-refractivity contribution in [3.63, 3.8) is 0 Å². The Morgan fingerprint density at radius 2 is 1.89 bits per heavy atom. The van der Waals surface area contributed by atoms with Gasteiger partial charge in [-0.25, -0.2) is 0 Å². The fourth-order valence-electron chi connectivity index (χ4n) is 1.83. The number of carbonyl (C=O) groups is 1. The Morgan fingerprint density at radius 3 is 2.50 bits per heavy atom. The molecule has 0 radical (unpaired) electrons. The molecule has 2 N–H and O–H groups in total. The standard InChI is InChI=1S/C12H16N2O3.ClH/c15-12(11-4-2-1-3-5-11)14(16)10-13-6-8-17-9-7-13;/h1-5,16H,6-10H2;1H. The number of benzene rings is 1. The largest absolute Gasteiger partial charge is 1.00 e. The van der Waals surface area contributed by atoms with Crippen molar-refractivity contribution in [2.75, 3.05) is 33.0 Å². The van der Waals surface area contributed by atoms with E-state index < -0.39 is 0 Å². The summed E-state index contributed by atoms with van der Waals surface area (Å²) in [4.78, 5) is 13.0. The molecule has 0 aromatic heterocycles. The number of hydrogen-bond donors (Lipinski definition) is 2. The van der Waals surface area contributed by atoms with Crippen molar-refractivity contribution in [2.24, 2.45) is 0 Å². The molecule has 0 unspecified atom stereocenters. The van der Waals surface area contributed by atoms with Gasteiger partial charge in [0.1, 0.15) is 13.1 Å². The summed E-state index contributed by atoms with van der Waals surface area (Å²) in [5.41, 5.74) is 0.502. The van der Waals surface area contributed by atoms with Crippen LogP contribution >= 0.6 is 0 Å². The van der Waals surface area contributed by atoms with Crippen LogP contribution in [0.5, 0.6) is 0 Å². The predicted molar refractivity (Wildman–Crippen MR) is 60.8 cm³/mol. The fraction of sp³-hybridized carbons (Fsp3) is 0.417. The third-order valence-electron chi connectivity index (χ3n) is 2.83. The smallest absolute Gasteiger partial charge is 0.282 e. The monoisotopic (exact) mass is 272 g/mol. The number of halogens is 1. The Bertz CT molecular complexity index is 369. The highest BCUT2D eigenvalue weighted by Gasteiger charge is 2.21. The van der Waals surface area contributed by atoms with Gasteiger partial charge in [0.2, 0.25) is 0 Å². The molecule has 0 atom stereocenters. The molecule has 1 aromatic rings. The molecule has 1 aliphatic heterocycles. The van der Waals surface area contributed by atoms with Gasteiger partial charge in [-0.1, -0.05) is 18.2 Å². The summed E-state index contributed by atoms with van der Waals surface area (Å²) in [6.07, 6.45) is 0. The Balaban J connectivity index is 0.00000162. The van der Waals surface area contributed by atoms with Gasteiger partial charge < -0.3 is 22.0 Å². The Morgan fingerprint density at radius 1 is 1.28 bits per heavy atom. The van der Waals surface area contributed by atoms with Crippen molar-refractivity contribution in [3.8, 4) is 0 Å². The summed E-state index contributed by atoms with van der Waals surface area (Å²) in [7, 11) is 0. The van der Waals surface area contributed by atoms with Crippen LogP contribution in [-0.2, 0) is 4.74 Å². The average Bonchev–Trinajstić information content (AvgIpc) is 2.40. The molecule has 1 aromatic carbocycles. The van der Waals surface area contributed by atoms with E-state index in [4.69, 9.17) is 4.74 Å². The van der Waals surface area contributed by atoms with E-state index in [9.17, 15) is 10.0 Å². The first-order chi connectivity index (χ1) is 8.27. The normalized spacial score (nSPS) is 15.8. The molecule has 0 bridgehead atoms. The van der Waals surface area contributed by atoms with E-state index >= 15 is 0 Å². The van der Waals surface area contributed by atoms with Gasteiger partial charge in [-0.05, 0) is 12.1 Å². The highest BCUT2D eigenvalue weighted by atomic mass is 35.5. The van der Waals surface area contributed by atoms with Crippen LogP contribution in [0.4, 0.5) is 0 Å². The second kappa shape index (κ2) is 7.33. The number of amides is 1. The SMILES string of the molecule is O=C(c1ccccc1)N(O)C[NH+]1CCOCC1.[Cl-].